The maximum absolute atomic E-state index is 12.4. The van der Waals surface area contributed by atoms with Crippen molar-refractivity contribution in [1.29, 1.82) is 0 Å². The van der Waals surface area contributed by atoms with Crippen LogP contribution >= 0.6 is 0 Å². The number of benzene rings is 3. The van der Waals surface area contributed by atoms with E-state index >= 15 is 0 Å². The van der Waals surface area contributed by atoms with E-state index in [1.165, 1.54) is 6.92 Å². The van der Waals surface area contributed by atoms with Gasteiger partial charge >= 0.3 is 0 Å². The number of ketones is 1. The first-order valence-corrected chi connectivity index (χ1v) is 9.20. The van der Waals surface area contributed by atoms with Crippen LogP contribution in [-0.4, -0.2) is 25.3 Å². The molecule has 146 valence electrons. The van der Waals surface area contributed by atoms with Crippen molar-refractivity contribution in [2.75, 3.05) is 24.3 Å². The van der Waals surface area contributed by atoms with Crippen LogP contribution in [0.1, 0.15) is 17.3 Å². The molecule has 0 saturated carbocycles. The van der Waals surface area contributed by atoms with E-state index in [1.54, 1.807) is 31.4 Å². The van der Waals surface area contributed by atoms with Crippen LogP contribution in [0.15, 0.2) is 65.1 Å². The van der Waals surface area contributed by atoms with Crippen molar-refractivity contribution in [3.05, 3.63) is 66.2 Å². The molecule has 3 aromatic carbocycles. The van der Waals surface area contributed by atoms with E-state index in [1.807, 2.05) is 36.4 Å². The molecule has 0 aliphatic heterocycles. The molecule has 1 amide bonds. The quantitative estimate of drug-likeness (QED) is 0.462. The predicted molar refractivity (Wildman–Crippen MR) is 114 cm³/mol. The third-order valence-corrected chi connectivity index (χ3v) is 4.72. The molecule has 0 atom stereocenters. The molecule has 0 fully saturated rings. The fourth-order valence-electron chi connectivity index (χ4n) is 3.33. The number of hydrogen-bond donors (Lipinski definition) is 2. The Labute approximate surface area is 167 Å². The minimum Gasteiger partial charge on any atom is -0.495 e. The SMILES string of the molecule is COc1cc2c(cc1NCC(=O)Nc1ccccc1C(C)=O)oc1ccccc12. The van der Waals surface area contributed by atoms with Gasteiger partial charge in [-0.3, -0.25) is 9.59 Å². The summed E-state index contributed by atoms with van der Waals surface area (Å²) in [5.41, 5.74) is 3.11. The summed E-state index contributed by atoms with van der Waals surface area (Å²) in [6, 6.07) is 18.4. The van der Waals surface area contributed by atoms with Gasteiger partial charge in [0.15, 0.2) is 5.78 Å². The largest absolute Gasteiger partial charge is 0.495 e. The Balaban J connectivity index is 1.55. The second-order valence-electron chi connectivity index (χ2n) is 6.65. The molecule has 1 heterocycles. The Kier molecular flexibility index (Phi) is 4.91. The molecule has 0 aliphatic rings. The number of nitrogens with one attached hydrogen (secondary N) is 2. The molecule has 4 rings (SSSR count). The van der Waals surface area contributed by atoms with Gasteiger partial charge in [-0.15, -0.1) is 0 Å². The lowest BCUT2D eigenvalue weighted by Crippen LogP contribution is -2.23. The average molecular weight is 388 g/mol. The van der Waals surface area contributed by atoms with Gasteiger partial charge in [-0.2, -0.15) is 0 Å². The average Bonchev–Trinajstić information content (AvgIpc) is 3.09. The van der Waals surface area contributed by atoms with Crippen LogP contribution in [0.2, 0.25) is 0 Å². The maximum atomic E-state index is 12.4. The molecule has 6 heteroatoms. The second-order valence-corrected chi connectivity index (χ2v) is 6.65. The van der Waals surface area contributed by atoms with E-state index < -0.39 is 0 Å². The van der Waals surface area contributed by atoms with Crippen molar-refractivity contribution in [3.8, 4) is 5.75 Å². The monoisotopic (exact) mass is 388 g/mol. The van der Waals surface area contributed by atoms with Gasteiger partial charge in [0, 0.05) is 22.4 Å². The number of carbonyl (C=O) groups excluding carboxylic acids is 2. The van der Waals surface area contributed by atoms with E-state index in [0.29, 0.717) is 28.3 Å². The van der Waals surface area contributed by atoms with Gasteiger partial charge in [-0.1, -0.05) is 30.3 Å². The van der Waals surface area contributed by atoms with E-state index in [9.17, 15) is 9.59 Å². The third kappa shape index (κ3) is 3.65. The third-order valence-electron chi connectivity index (χ3n) is 4.72. The fraction of sp³-hybridized carbons (Fsp3) is 0.130. The molecular weight excluding hydrogens is 368 g/mol. The summed E-state index contributed by atoms with van der Waals surface area (Å²) in [5.74, 6) is 0.234. The Morgan fingerprint density at radius 3 is 2.48 bits per heavy atom. The molecule has 0 saturated heterocycles. The first-order chi connectivity index (χ1) is 14.1. The summed E-state index contributed by atoms with van der Waals surface area (Å²) >= 11 is 0. The zero-order valence-electron chi connectivity index (χ0n) is 16.1. The predicted octanol–water partition coefficient (Wildman–Crippen LogP) is 4.85. The van der Waals surface area contributed by atoms with Crippen LogP contribution in [0, 0.1) is 0 Å². The van der Waals surface area contributed by atoms with Gasteiger partial charge < -0.3 is 19.8 Å². The number of anilines is 2. The molecule has 0 radical (unpaired) electrons. The van der Waals surface area contributed by atoms with E-state index in [0.717, 1.165) is 16.4 Å². The molecule has 0 spiro atoms. The minimum absolute atomic E-state index is 0.00827. The zero-order chi connectivity index (χ0) is 20.4. The fourth-order valence-corrected chi connectivity index (χ4v) is 3.33. The van der Waals surface area contributed by atoms with Crippen molar-refractivity contribution in [2.45, 2.75) is 6.92 Å². The highest BCUT2D eigenvalue weighted by atomic mass is 16.5. The summed E-state index contributed by atoms with van der Waals surface area (Å²) in [4.78, 5) is 24.1. The van der Waals surface area contributed by atoms with Crippen molar-refractivity contribution < 1.29 is 18.7 Å². The van der Waals surface area contributed by atoms with E-state index in [2.05, 4.69) is 10.6 Å². The Morgan fingerprint density at radius 2 is 1.69 bits per heavy atom. The summed E-state index contributed by atoms with van der Waals surface area (Å²) in [6.07, 6.45) is 0. The smallest absolute Gasteiger partial charge is 0.243 e. The Morgan fingerprint density at radius 1 is 0.931 bits per heavy atom. The number of carbonyl (C=O) groups is 2. The molecule has 2 N–H and O–H groups in total. The molecule has 0 aliphatic carbocycles. The van der Waals surface area contributed by atoms with E-state index in [4.69, 9.17) is 9.15 Å². The zero-order valence-corrected chi connectivity index (χ0v) is 16.1. The van der Waals surface area contributed by atoms with Crippen molar-refractivity contribution in [1.82, 2.24) is 0 Å². The summed E-state index contributed by atoms with van der Waals surface area (Å²) in [5, 5.41) is 7.81. The van der Waals surface area contributed by atoms with Crippen LogP contribution in [0.3, 0.4) is 0 Å². The summed E-state index contributed by atoms with van der Waals surface area (Å²) in [7, 11) is 1.58. The molecule has 29 heavy (non-hydrogen) atoms. The number of furan rings is 1. The first kappa shape index (κ1) is 18.6. The number of rotatable bonds is 6. The maximum Gasteiger partial charge on any atom is 0.243 e. The number of ether oxygens (including phenoxy) is 1. The van der Waals surface area contributed by atoms with Crippen LogP contribution in [0.25, 0.3) is 21.9 Å². The standard InChI is InChI=1S/C23H20N2O4/c1-14(26)15-7-3-5-9-18(15)25-23(27)13-24-19-12-21-17(11-22(19)28-2)16-8-4-6-10-20(16)29-21/h3-12,24H,13H2,1-2H3,(H,25,27). The van der Waals surface area contributed by atoms with Gasteiger partial charge in [0.2, 0.25) is 5.91 Å². The Bertz CT molecular complexity index is 1230. The topological polar surface area (TPSA) is 80.6 Å². The van der Waals surface area contributed by atoms with Gasteiger partial charge in [0.05, 0.1) is 25.0 Å². The highest BCUT2D eigenvalue weighted by molar-refractivity contribution is 6.07. The Hall–Kier alpha value is -3.80. The number of fused-ring (bicyclic) bond motifs is 3. The number of methoxy groups -OCH3 is 1. The lowest BCUT2D eigenvalue weighted by molar-refractivity contribution is -0.114. The minimum atomic E-state index is -0.273. The van der Waals surface area contributed by atoms with Gasteiger partial charge in [0.25, 0.3) is 0 Å². The van der Waals surface area contributed by atoms with Crippen molar-refractivity contribution in [3.63, 3.8) is 0 Å². The first-order valence-electron chi connectivity index (χ1n) is 9.20. The highest BCUT2D eigenvalue weighted by Gasteiger charge is 2.14. The van der Waals surface area contributed by atoms with E-state index in [-0.39, 0.29) is 18.2 Å². The summed E-state index contributed by atoms with van der Waals surface area (Å²) < 4.78 is 11.4. The molecule has 4 aromatic rings. The van der Waals surface area contributed by atoms with Gasteiger partial charge in [0.1, 0.15) is 16.9 Å². The van der Waals surface area contributed by atoms with Gasteiger partial charge in [-0.05, 0) is 31.2 Å². The van der Waals surface area contributed by atoms with Crippen LogP contribution in [0.5, 0.6) is 5.75 Å². The lowest BCUT2D eigenvalue weighted by atomic mass is 10.1. The molecular formula is C23H20N2O4. The normalized spacial score (nSPS) is 10.8. The lowest BCUT2D eigenvalue weighted by Gasteiger charge is -2.12. The number of Topliss-reactive ketones (excluding diaryl/α,β-unsaturated/α-hetero) is 1. The number of hydrogen-bond acceptors (Lipinski definition) is 5. The number of amides is 1. The highest BCUT2D eigenvalue weighted by Crippen LogP contribution is 2.36. The molecule has 0 unspecified atom stereocenters. The van der Waals surface area contributed by atoms with Crippen LogP contribution in [-0.2, 0) is 4.79 Å². The second kappa shape index (κ2) is 7.67. The van der Waals surface area contributed by atoms with Crippen molar-refractivity contribution in [2.24, 2.45) is 0 Å². The molecule has 1 aromatic heterocycles. The number of para-hydroxylation sites is 2. The molecule has 0 bridgehead atoms. The summed E-state index contributed by atoms with van der Waals surface area (Å²) in [6.45, 7) is 1.48. The van der Waals surface area contributed by atoms with Gasteiger partial charge in [-0.25, -0.2) is 0 Å². The van der Waals surface area contributed by atoms with Crippen molar-refractivity contribution >= 4 is 45.0 Å². The molecule has 6 nitrogen and oxygen atoms in total. The van der Waals surface area contributed by atoms with Crippen LogP contribution in [0.4, 0.5) is 11.4 Å². The van der Waals surface area contributed by atoms with Crippen LogP contribution < -0.4 is 15.4 Å².